The first-order valence-electron chi connectivity index (χ1n) is 8.80. The average molecular weight is 314 g/mol. The van der Waals surface area contributed by atoms with E-state index in [0.717, 1.165) is 17.5 Å². The second-order valence-electron chi connectivity index (χ2n) is 7.89. The normalized spacial score (nSPS) is 37.7. The molecule has 124 valence electrons. The Morgan fingerprint density at radius 2 is 1.87 bits per heavy atom. The van der Waals surface area contributed by atoms with Gasteiger partial charge in [0.15, 0.2) is 0 Å². The van der Waals surface area contributed by atoms with E-state index in [1.54, 1.807) is 6.07 Å². The van der Waals surface area contributed by atoms with E-state index in [2.05, 4.69) is 15.6 Å². The monoisotopic (exact) mass is 314 g/mol. The molecule has 4 aliphatic rings. The van der Waals surface area contributed by atoms with E-state index >= 15 is 0 Å². The van der Waals surface area contributed by atoms with Gasteiger partial charge >= 0.3 is 6.03 Å². The van der Waals surface area contributed by atoms with Crippen LogP contribution in [0.3, 0.4) is 0 Å². The van der Waals surface area contributed by atoms with Crippen molar-refractivity contribution in [3.63, 3.8) is 0 Å². The summed E-state index contributed by atoms with van der Waals surface area (Å²) >= 11 is 0. The van der Waals surface area contributed by atoms with E-state index in [4.69, 9.17) is 5.73 Å². The van der Waals surface area contributed by atoms with Crippen LogP contribution in [0.25, 0.3) is 0 Å². The number of anilines is 1. The molecule has 0 aliphatic heterocycles. The third kappa shape index (κ3) is 2.71. The number of hydrogen-bond acceptors (Lipinski definition) is 3. The summed E-state index contributed by atoms with van der Waals surface area (Å²) in [6, 6.07) is 5.39. The van der Waals surface area contributed by atoms with Crippen LogP contribution >= 0.6 is 0 Å². The van der Waals surface area contributed by atoms with Crippen LogP contribution in [-0.2, 0) is 0 Å². The summed E-state index contributed by atoms with van der Waals surface area (Å²) in [5, 5.41) is 5.81. The molecule has 2 amide bonds. The molecule has 5 rings (SSSR count). The van der Waals surface area contributed by atoms with Gasteiger partial charge in [-0.15, -0.1) is 0 Å². The number of urea groups is 1. The largest absolute Gasteiger partial charge is 0.336 e. The van der Waals surface area contributed by atoms with Crippen LogP contribution in [0.4, 0.5) is 10.6 Å². The third-order valence-electron chi connectivity index (χ3n) is 6.34. The number of pyridine rings is 1. The van der Waals surface area contributed by atoms with E-state index in [1.165, 1.54) is 32.1 Å². The minimum Gasteiger partial charge on any atom is -0.336 e. The minimum absolute atomic E-state index is 0.207. The Bertz CT molecular complexity index is 587. The first-order valence-corrected chi connectivity index (χ1v) is 8.80. The standard InChI is InChI=1S/C18H26N4O/c1-11-3-2-4-16(21-11)22-17(23)20-10-18(19)14-6-12-5-13(8-14)9-15(18)7-12/h2-4,12-15H,5-10,19H2,1H3,(H2,20,21,22,23). The van der Waals surface area contributed by atoms with Gasteiger partial charge < -0.3 is 11.1 Å². The van der Waals surface area contributed by atoms with Crippen molar-refractivity contribution in [2.75, 3.05) is 11.9 Å². The zero-order valence-electron chi connectivity index (χ0n) is 13.7. The molecule has 23 heavy (non-hydrogen) atoms. The molecule has 0 spiro atoms. The molecule has 0 radical (unpaired) electrons. The smallest absolute Gasteiger partial charge is 0.320 e. The number of nitrogens with two attached hydrogens (primary N) is 1. The predicted molar refractivity (Wildman–Crippen MR) is 90.0 cm³/mol. The topological polar surface area (TPSA) is 80.0 Å². The van der Waals surface area contributed by atoms with Gasteiger partial charge in [-0.2, -0.15) is 0 Å². The zero-order valence-corrected chi connectivity index (χ0v) is 13.7. The van der Waals surface area contributed by atoms with E-state index in [9.17, 15) is 4.79 Å². The van der Waals surface area contributed by atoms with Crippen molar-refractivity contribution < 1.29 is 4.79 Å². The lowest BCUT2D eigenvalue weighted by atomic mass is 9.49. The second kappa shape index (κ2) is 5.48. The molecule has 5 heteroatoms. The SMILES string of the molecule is Cc1cccc(NC(=O)NCC2(N)C3CC4CC(C3)CC2C4)n1. The van der Waals surface area contributed by atoms with Gasteiger partial charge in [0.25, 0.3) is 0 Å². The molecule has 5 nitrogen and oxygen atoms in total. The first-order chi connectivity index (χ1) is 11.0. The van der Waals surface area contributed by atoms with E-state index in [1.807, 2.05) is 19.1 Å². The van der Waals surface area contributed by atoms with Crippen LogP contribution in [0.1, 0.15) is 37.8 Å². The molecule has 0 unspecified atom stereocenters. The number of carbonyl (C=O) groups is 1. The summed E-state index contributed by atoms with van der Waals surface area (Å²) in [6.45, 7) is 2.48. The van der Waals surface area contributed by atoms with Crippen molar-refractivity contribution in [2.45, 2.75) is 44.6 Å². The van der Waals surface area contributed by atoms with Crippen LogP contribution in [0.5, 0.6) is 0 Å². The van der Waals surface area contributed by atoms with Gasteiger partial charge in [0.1, 0.15) is 5.82 Å². The van der Waals surface area contributed by atoms with Gasteiger partial charge in [-0.3, -0.25) is 5.32 Å². The number of hydrogen-bond donors (Lipinski definition) is 3. The molecule has 4 bridgehead atoms. The highest BCUT2D eigenvalue weighted by molar-refractivity contribution is 5.88. The molecule has 1 aromatic rings. The van der Waals surface area contributed by atoms with Crippen molar-refractivity contribution >= 4 is 11.8 Å². The number of rotatable bonds is 3. The van der Waals surface area contributed by atoms with Crippen molar-refractivity contribution in [1.82, 2.24) is 10.3 Å². The maximum Gasteiger partial charge on any atom is 0.320 e. The summed E-state index contributed by atoms with van der Waals surface area (Å²) in [5.74, 6) is 3.52. The highest BCUT2D eigenvalue weighted by Gasteiger charge is 2.55. The number of amides is 2. The Hall–Kier alpha value is -1.62. The van der Waals surface area contributed by atoms with Gasteiger partial charge in [-0.05, 0) is 74.8 Å². The van der Waals surface area contributed by atoms with E-state index in [-0.39, 0.29) is 11.6 Å². The molecule has 1 heterocycles. The Balaban J connectivity index is 1.38. The summed E-state index contributed by atoms with van der Waals surface area (Å²) in [4.78, 5) is 16.5. The molecule has 0 saturated heterocycles. The quantitative estimate of drug-likeness (QED) is 0.802. The number of aromatic nitrogens is 1. The van der Waals surface area contributed by atoms with E-state index < -0.39 is 0 Å². The third-order valence-corrected chi connectivity index (χ3v) is 6.34. The van der Waals surface area contributed by atoms with Gasteiger partial charge in [0.05, 0.1) is 0 Å². The second-order valence-corrected chi connectivity index (χ2v) is 7.89. The van der Waals surface area contributed by atoms with Crippen molar-refractivity contribution in [2.24, 2.45) is 29.4 Å². The molecule has 4 N–H and O–H groups in total. The van der Waals surface area contributed by atoms with Crippen LogP contribution in [0.2, 0.25) is 0 Å². The fourth-order valence-corrected chi connectivity index (χ4v) is 5.36. The minimum atomic E-state index is -0.217. The lowest BCUT2D eigenvalue weighted by molar-refractivity contribution is -0.0528. The summed E-state index contributed by atoms with van der Waals surface area (Å²) in [7, 11) is 0. The van der Waals surface area contributed by atoms with E-state index in [0.29, 0.717) is 24.2 Å². The number of nitrogens with one attached hydrogen (secondary N) is 2. The van der Waals surface area contributed by atoms with Crippen LogP contribution in [0, 0.1) is 30.6 Å². The fraction of sp³-hybridized carbons (Fsp3) is 0.667. The van der Waals surface area contributed by atoms with Gasteiger partial charge in [0, 0.05) is 17.8 Å². The maximum absolute atomic E-state index is 12.2. The highest BCUT2D eigenvalue weighted by Crippen LogP contribution is 2.57. The average Bonchev–Trinajstić information content (AvgIpc) is 2.50. The predicted octanol–water partition coefficient (Wildman–Crippen LogP) is 2.67. The van der Waals surface area contributed by atoms with Gasteiger partial charge in [-0.25, -0.2) is 9.78 Å². The molecule has 1 aromatic heterocycles. The van der Waals surface area contributed by atoms with Crippen molar-refractivity contribution in [3.8, 4) is 0 Å². The first kappa shape index (κ1) is 14.9. The molecular formula is C18H26N4O. The maximum atomic E-state index is 12.2. The molecule has 4 aliphatic carbocycles. The van der Waals surface area contributed by atoms with Crippen LogP contribution in [0.15, 0.2) is 18.2 Å². The van der Waals surface area contributed by atoms with Crippen molar-refractivity contribution in [3.05, 3.63) is 23.9 Å². The van der Waals surface area contributed by atoms with Gasteiger partial charge in [0.2, 0.25) is 0 Å². The number of aryl methyl sites for hydroxylation is 1. The Labute approximate surface area is 137 Å². The summed E-state index contributed by atoms with van der Waals surface area (Å²) < 4.78 is 0. The van der Waals surface area contributed by atoms with Crippen molar-refractivity contribution in [1.29, 1.82) is 0 Å². The summed E-state index contributed by atoms with van der Waals surface area (Å²) in [5.41, 5.74) is 7.47. The Kier molecular flexibility index (Phi) is 3.56. The zero-order chi connectivity index (χ0) is 16.0. The molecule has 4 fully saturated rings. The molecule has 0 aromatic carbocycles. The van der Waals surface area contributed by atoms with Crippen LogP contribution < -0.4 is 16.4 Å². The van der Waals surface area contributed by atoms with Gasteiger partial charge in [-0.1, -0.05) is 6.07 Å². The Morgan fingerprint density at radius 1 is 1.22 bits per heavy atom. The molecular weight excluding hydrogens is 288 g/mol. The number of nitrogens with zero attached hydrogens (tertiary/aromatic N) is 1. The highest BCUT2D eigenvalue weighted by atomic mass is 16.2. The Morgan fingerprint density at radius 3 is 2.48 bits per heavy atom. The lowest BCUT2D eigenvalue weighted by Gasteiger charge is -2.59. The lowest BCUT2D eigenvalue weighted by Crippen LogP contribution is -2.67. The molecule has 4 saturated carbocycles. The summed E-state index contributed by atoms with van der Waals surface area (Å²) in [6.07, 6.45) is 6.44. The molecule has 0 atom stereocenters. The number of carbonyl (C=O) groups excluding carboxylic acids is 1. The van der Waals surface area contributed by atoms with Crippen LogP contribution in [-0.4, -0.2) is 23.1 Å². The fourth-order valence-electron chi connectivity index (χ4n) is 5.36.